The van der Waals surface area contributed by atoms with E-state index in [2.05, 4.69) is 26.1 Å². The van der Waals surface area contributed by atoms with Crippen molar-refractivity contribution in [2.24, 2.45) is 5.41 Å². The summed E-state index contributed by atoms with van der Waals surface area (Å²) >= 11 is 0. The average molecular weight is 187 g/mol. The van der Waals surface area contributed by atoms with E-state index >= 15 is 0 Å². The van der Waals surface area contributed by atoms with Crippen molar-refractivity contribution >= 4 is 6.09 Å². The minimum Gasteiger partial charge on any atom is -0.450 e. The molecule has 0 heterocycles. The first-order valence-corrected chi connectivity index (χ1v) is 4.86. The number of alkyl carbamates (subject to hydrolysis) is 1. The van der Waals surface area contributed by atoms with Crippen LogP contribution in [0, 0.1) is 5.41 Å². The zero-order valence-corrected chi connectivity index (χ0v) is 9.14. The Morgan fingerprint density at radius 1 is 1.46 bits per heavy atom. The van der Waals surface area contributed by atoms with Crippen LogP contribution in [0.2, 0.25) is 0 Å². The molecule has 0 aliphatic carbocycles. The average Bonchev–Trinajstić information content (AvgIpc) is 2.12. The first kappa shape index (κ1) is 12.3. The monoisotopic (exact) mass is 187 g/mol. The molecule has 0 unspecified atom stereocenters. The fraction of sp³-hybridized carbons (Fsp3) is 0.900. The van der Waals surface area contributed by atoms with Crippen molar-refractivity contribution in [3.05, 3.63) is 0 Å². The predicted molar refractivity (Wildman–Crippen MR) is 53.7 cm³/mol. The van der Waals surface area contributed by atoms with E-state index in [0.717, 1.165) is 19.3 Å². The molecule has 0 aromatic rings. The topological polar surface area (TPSA) is 38.3 Å². The maximum Gasteiger partial charge on any atom is 0.406 e. The number of hydrogen-bond acceptors (Lipinski definition) is 2. The fourth-order valence-corrected chi connectivity index (χ4v) is 0.965. The van der Waals surface area contributed by atoms with Crippen LogP contribution in [0.25, 0.3) is 0 Å². The van der Waals surface area contributed by atoms with Crippen LogP contribution in [0.15, 0.2) is 0 Å². The Bertz CT molecular complexity index is 155. The van der Waals surface area contributed by atoms with E-state index in [-0.39, 0.29) is 6.09 Å². The lowest BCUT2D eigenvalue weighted by atomic mass is 9.85. The van der Waals surface area contributed by atoms with Gasteiger partial charge in [0.05, 0.1) is 6.61 Å². The summed E-state index contributed by atoms with van der Waals surface area (Å²) in [5.41, 5.74) is 0.367. The molecule has 0 fully saturated rings. The molecule has 13 heavy (non-hydrogen) atoms. The number of hydrogen-bond donors (Lipinski definition) is 1. The van der Waals surface area contributed by atoms with Gasteiger partial charge in [-0.1, -0.05) is 27.2 Å². The number of amides is 1. The van der Waals surface area contributed by atoms with Crippen molar-refractivity contribution in [1.29, 1.82) is 0 Å². The molecular formula is C10H21NO2. The quantitative estimate of drug-likeness (QED) is 0.672. The predicted octanol–water partition coefficient (Wildman–Crippen LogP) is 2.56. The molecule has 0 atom stereocenters. The molecular weight excluding hydrogens is 166 g/mol. The van der Waals surface area contributed by atoms with E-state index in [0.29, 0.717) is 12.0 Å². The number of carbonyl (C=O) groups excluding carboxylic acids is 1. The van der Waals surface area contributed by atoms with Gasteiger partial charge < -0.3 is 10.1 Å². The number of ether oxygens (including phenoxy) is 1. The van der Waals surface area contributed by atoms with Crippen LogP contribution in [-0.2, 0) is 4.74 Å². The summed E-state index contributed by atoms with van der Waals surface area (Å²) in [7, 11) is 1.57. The van der Waals surface area contributed by atoms with Gasteiger partial charge in [0, 0.05) is 7.05 Å². The molecule has 0 aromatic heterocycles. The van der Waals surface area contributed by atoms with Crippen LogP contribution < -0.4 is 5.32 Å². The van der Waals surface area contributed by atoms with Crippen molar-refractivity contribution in [3.8, 4) is 0 Å². The summed E-state index contributed by atoms with van der Waals surface area (Å²) < 4.78 is 4.88. The van der Waals surface area contributed by atoms with Gasteiger partial charge in [-0.3, -0.25) is 0 Å². The van der Waals surface area contributed by atoms with Gasteiger partial charge in [-0.2, -0.15) is 0 Å². The molecule has 0 radical (unpaired) electrons. The minimum atomic E-state index is -0.339. The van der Waals surface area contributed by atoms with Crippen molar-refractivity contribution in [1.82, 2.24) is 5.32 Å². The minimum absolute atomic E-state index is 0.339. The first-order chi connectivity index (χ1) is 6.02. The lowest BCUT2D eigenvalue weighted by Gasteiger charge is -2.21. The lowest BCUT2D eigenvalue weighted by molar-refractivity contribution is 0.140. The molecule has 0 bridgehead atoms. The van der Waals surface area contributed by atoms with Gasteiger partial charge in [0.2, 0.25) is 0 Å². The number of nitrogens with one attached hydrogen (secondary N) is 1. The Hall–Kier alpha value is -0.730. The van der Waals surface area contributed by atoms with E-state index in [1.165, 1.54) is 0 Å². The van der Waals surface area contributed by atoms with Gasteiger partial charge in [-0.15, -0.1) is 0 Å². The highest BCUT2D eigenvalue weighted by Gasteiger charge is 2.14. The maximum absolute atomic E-state index is 10.7. The second-order valence-corrected chi connectivity index (χ2v) is 4.01. The number of carbonyl (C=O) groups is 1. The molecule has 0 aliphatic rings. The third-order valence-electron chi connectivity index (χ3n) is 2.39. The Balaban J connectivity index is 3.41. The van der Waals surface area contributed by atoms with E-state index in [1.54, 1.807) is 7.05 Å². The second kappa shape index (κ2) is 5.84. The standard InChI is InChI=1S/C10H21NO2/c1-5-10(2,3)7-6-8-13-9(12)11-4/h5-8H2,1-4H3,(H,11,12). The van der Waals surface area contributed by atoms with Crippen LogP contribution in [0.4, 0.5) is 4.79 Å². The van der Waals surface area contributed by atoms with Crippen LogP contribution in [0.3, 0.4) is 0 Å². The molecule has 3 nitrogen and oxygen atoms in total. The molecule has 1 N–H and O–H groups in total. The fourth-order valence-electron chi connectivity index (χ4n) is 0.965. The SMILES string of the molecule is CCC(C)(C)CCCOC(=O)NC. The molecule has 0 aliphatic heterocycles. The second-order valence-electron chi connectivity index (χ2n) is 4.01. The van der Waals surface area contributed by atoms with Crippen LogP contribution in [0.5, 0.6) is 0 Å². The highest BCUT2D eigenvalue weighted by atomic mass is 16.5. The third-order valence-corrected chi connectivity index (χ3v) is 2.39. The molecule has 0 saturated heterocycles. The summed E-state index contributed by atoms with van der Waals surface area (Å²) in [6.45, 7) is 7.16. The normalized spacial score (nSPS) is 11.1. The largest absolute Gasteiger partial charge is 0.450 e. The Labute approximate surface area is 80.8 Å². The smallest absolute Gasteiger partial charge is 0.406 e. The van der Waals surface area contributed by atoms with Crippen molar-refractivity contribution in [3.63, 3.8) is 0 Å². The maximum atomic E-state index is 10.7. The van der Waals surface area contributed by atoms with Crippen LogP contribution in [-0.4, -0.2) is 19.7 Å². The van der Waals surface area contributed by atoms with Crippen molar-refractivity contribution < 1.29 is 9.53 Å². The van der Waals surface area contributed by atoms with Gasteiger partial charge in [-0.25, -0.2) is 4.79 Å². The zero-order chi connectivity index (χ0) is 10.3. The van der Waals surface area contributed by atoms with E-state index < -0.39 is 0 Å². The van der Waals surface area contributed by atoms with E-state index in [4.69, 9.17) is 4.74 Å². The van der Waals surface area contributed by atoms with Gasteiger partial charge in [0.1, 0.15) is 0 Å². The van der Waals surface area contributed by atoms with Gasteiger partial charge in [-0.05, 0) is 18.3 Å². The molecule has 3 heteroatoms. The molecule has 0 aromatic carbocycles. The van der Waals surface area contributed by atoms with Crippen molar-refractivity contribution in [2.45, 2.75) is 40.0 Å². The third kappa shape index (κ3) is 6.43. The van der Waals surface area contributed by atoms with Crippen LogP contribution in [0.1, 0.15) is 40.0 Å². The summed E-state index contributed by atoms with van der Waals surface area (Å²) in [6, 6.07) is 0. The molecule has 1 amide bonds. The van der Waals surface area contributed by atoms with E-state index in [1.807, 2.05) is 0 Å². The summed E-state index contributed by atoms with van der Waals surface area (Å²) in [5, 5.41) is 2.42. The summed E-state index contributed by atoms with van der Waals surface area (Å²) in [4.78, 5) is 10.7. The lowest BCUT2D eigenvalue weighted by Crippen LogP contribution is -2.20. The molecule has 0 spiro atoms. The highest BCUT2D eigenvalue weighted by Crippen LogP contribution is 2.25. The summed E-state index contributed by atoms with van der Waals surface area (Å²) in [5.74, 6) is 0. The van der Waals surface area contributed by atoms with Gasteiger partial charge in [0.15, 0.2) is 0 Å². The molecule has 78 valence electrons. The van der Waals surface area contributed by atoms with Gasteiger partial charge in [0.25, 0.3) is 0 Å². The molecule has 0 saturated carbocycles. The Morgan fingerprint density at radius 2 is 2.08 bits per heavy atom. The zero-order valence-electron chi connectivity index (χ0n) is 9.14. The molecule has 0 rings (SSSR count). The first-order valence-electron chi connectivity index (χ1n) is 4.86. The van der Waals surface area contributed by atoms with Crippen LogP contribution >= 0.6 is 0 Å². The Morgan fingerprint density at radius 3 is 2.54 bits per heavy atom. The summed E-state index contributed by atoms with van der Waals surface area (Å²) in [6.07, 6.45) is 2.86. The number of rotatable bonds is 5. The van der Waals surface area contributed by atoms with Crippen molar-refractivity contribution in [2.75, 3.05) is 13.7 Å². The highest BCUT2D eigenvalue weighted by molar-refractivity contribution is 5.66. The van der Waals surface area contributed by atoms with E-state index in [9.17, 15) is 4.79 Å². The Kier molecular flexibility index (Phi) is 5.51. The van der Waals surface area contributed by atoms with Gasteiger partial charge >= 0.3 is 6.09 Å².